The Morgan fingerprint density at radius 1 is 1.37 bits per heavy atom. The Balaban J connectivity index is 2.11. The minimum Gasteiger partial charge on any atom is -0.363 e. The minimum absolute atomic E-state index is 0.0732. The average Bonchev–Trinajstić information content (AvgIpc) is 3.12. The number of amidine groups is 1. The van der Waals surface area contributed by atoms with Crippen LogP contribution in [0.4, 0.5) is 15.9 Å². The molecule has 0 saturated carbocycles. The first-order chi connectivity index (χ1) is 14.1. The predicted octanol–water partition coefficient (Wildman–Crippen LogP) is 0.907. The Bertz CT molecular complexity index is 1040. The van der Waals surface area contributed by atoms with Crippen LogP contribution in [0.15, 0.2) is 37.3 Å². The van der Waals surface area contributed by atoms with Crippen molar-refractivity contribution in [3.05, 3.63) is 34.2 Å². The van der Waals surface area contributed by atoms with Gasteiger partial charge < -0.3 is 10.2 Å². The number of nitrogens with one attached hydrogen (secondary N) is 3. The summed E-state index contributed by atoms with van der Waals surface area (Å²) in [7, 11) is -0.172. The Hall–Kier alpha value is -2.78. The normalized spacial score (nSPS) is 12.6. The van der Waals surface area contributed by atoms with E-state index in [0.29, 0.717) is 5.69 Å². The fourth-order valence-electron chi connectivity index (χ4n) is 2.04. The Morgan fingerprint density at radius 3 is 2.70 bits per heavy atom. The lowest BCUT2D eigenvalue weighted by Gasteiger charge is -2.16. The van der Waals surface area contributed by atoms with Crippen molar-refractivity contribution in [3.63, 3.8) is 0 Å². The van der Waals surface area contributed by atoms with Crippen molar-refractivity contribution in [2.45, 2.75) is 0 Å². The van der Waals surface area contributed by atoms with Gasteiger partial charge in [0.15, 0.2) is 11.5 Å². The zero-order chi connectivity index (χ0) is 22.3. The van der Waals surface area contributed by atoms with Crippen LogP contribution in [0.25, 0.3) is 0 Å². The van der Waals surface area contributed by atoms with Crippen molar-refractivity contribution in [2.24, 2.45) is 9.98 Å². The number of anilines is 1. The standard InChI is InChI=1S/C15H20BrFN8O4S/c1-25(2)15(24-30(3,27)28)19-7-6-18-13-12(22-29-23-13)14(21-26)20-9-4-5-11(17)10(16)8-9/h4-5,8,26H,6-7H2,1-3H3,(H,18,23)(H,19,24)(H,20,21). The van der Waals surface area contributed by atoms with Crippen LogP contribution in [0.3, 0.4) is 0 Å². The van der Waals surface area contributed by atoms with Gasteiger partial charge in [0.25, 0.3) is 0 Å². The number of benzene rings is 1. The third-order valence-electron chi connectivity index (χ3n) is 3.33. The number of aliphatic imine (C=N–C) groups is 2. The fraction of sp³-hybridized carbons (Fsp3) is 0.333. The van der Waals surface area contributed by atoms with Crippen molar-refractivity contribution in [3.8, 4) is 0 Å². The highest BCUT2D eigenvalue weighted by atomic mass is 79.9. The van der Waals surface area contributed by atoms with Crippen molar-refractivity contribution in [2.75, 3.05) is 38.8 Å². The van der Waals surface area contributed by atoms with E-state index in [4.69, 9.17) is 4.63 Å². The number of halogens is 2. The zero-order valence-electron chi connectivity index (χ0n) is 16.2. The summed E-state index contributed by atoms with van der Waals surface area (Å²) in [6, 6.07) is 4.03. The van der Waals surface area contributed by atoms with Crippen LogP contribution >= 0.6 is 15.9 Å². The SMILES string of the molecule is CN(C)C(=NCCNc1nonc1C(=Nc1ccc(F)c(Br)c1)NO)NS(C)(=O)=O. The molecule has 0 aliphatic heterocycles. The molecule has 0 bridgehead atoms. The highest BCUT2D eigenvalue weighted by molar-refractivity contribution is 9.10. The summed E-state index contributed by atoms with van der Waals surface area (Å²) in [4.78, 5) is 9.83. The van der Waals surface area contributed by atoms with Crippen LogP contribution in [0, 0.1) is 5.82 Å². The smallest absolute Gasteiger partial charge is 0.232 e. The third-order valence-corrected chi connectivity index (χ3v) is 4.49. The minimum atomic E-state index is -3.46. The average molecular weight is 507 g/mol. The van der Waals surface area contributed by atoms with E-state index in [-0.39, 0.29) is 40.9 Å². The Kier molecular flexibility index (Phi) is 8.08. The van der Waals surface area contributed by atoms with Gasteiger partial charge in [-0.3, -0.25) is 20.4 Å². The molecule has 0 radical (unpaired) electrons. The molecular weight excluding hydrogens is 487 g/mol. The summed E-state index contributed by atoms with van der Waals surface area (Å²) >= 11 is 3.06. The lowest BCUT2D eigenvalue weighted by Crippen LogP contribution is -2.40. The van der Waals surface area contributed by atoms with Crippen LogP contribution in [-0.4, -0.2) is 74.1 Å². The van der Waals surface area contributed by atoms with E-state index < -0.39 is 15.8 Å². The quantitative estimate of drug-likeness (QED) is 0.185. The van der Waals surface area contributed by atoms with Gasteiger partial charge in [-0.15, -0.1) is 0 Å². The first-order valence-electron chi connectivity index (χ1n) is 8.31. The summed E-state index contributed by atoms with van der Waals surface area (Å²) in [6.07, 6.45) is 1.03. The van der Waals surface area contributed by atoms with Gasteiger partial charge >= 0.3 is 0 Å². The third kappa shape index (κ3) is 6.93. The second-order valence-electron chi connectivity index (χ2n) is 6.03. The highest BCUT2D eigenvalue weighted by Gasteiger charge is 2.16. The lowest BCUT2D eigenvalue weighted by molar-refractivity contribution is 0.234. The first kappa shape index (κ1) is 23.5. The van der Waals surface area contributed by atoms with E-state index in [1.165, 1.54) is 23.1 Å². The Morgan fingerprint density at radius 2 is 2.10 bits per heavy atom. The summed E-state index contributed by atoms with van der Waals surface area (Å²) in [6.45, 7) is 0.428. The monoisotopic (exact) mass is 506 g/mol. The van der Waals surface area contributed by atoms with Crippen LogP contribution in [0.1, 0.15) is 5.69 Å². The number of hydroxylamine groups is 1. The Labute approximate surface area is 180 Å². The molecule has 1 aromatic heterocycles. The van der Waals surface area contributed by atoms with Gasteiger partial charge in [0.1, 0.15) is 5.82 Å². The molecule has 2 aromatic rings. The van der Waals surface area contributed by atoms with E-state index in [2.05, 4.69) is 46.3 Å². The van der Waals surface area contributed by atoms with E-state index in [0.717, 1.165) is 6.26 Å². The summed E-state index contributed by atoms with van der Waals surface area (Å²) < 4.78 is 43.3. The highest BCUT2D eigenvalue weighted by Crippen LogP contribution is 2.23. The molecule has 0 atom stereocenters. The van der Waals surface area contributed by atoms with E-state index in [1.54, 1.807) is 14.1 Å². The number of hydrogen-bond acceptors (Lipinski definition) is 9. The molecule has 2 rings (SSSR count). The molecule has 0 amide bonds. The number of sulfonamides is 1. The van der Waals surface area contributed by atoms with E-state index >= 15 is 0 Å². The summed E-state index contributed by atoms with van der Waals surface area (Å²) in [5.41, 5.74) is 2.31. The zero-order valence-corrected chi connectivity index (χ0v) is 18.6. The first-order valence-corrected chi connectivity index (χ1v) is 11.0. The summed E-state index contributed by atoms with van der Waals surface area (Å²) in [5.74, 6) is -0.220. The van der Waals surface area contributed by atoms with Gasteiger partial charge in [-0.05, 0) is 44.4 Å². The van der Waals surface area contributed by atoms with Gasteiger partial charge in [-0.1, -0.05) is 0 Å². The van der Waals surface area contributed by atoms with Crippen LogP contribution in [-0.2, 0) is 10.0 Å². The van der Waals surface area contributed by atoms with Crippen molar-refractivity contribution in [1.29, 1.82) is 0 Å². The second-order valence-corrected chi connectivity index (χ2v) is 8.64. The predicted molar refractivity (Wildman–Crippen MR) is 112 cm³/mol. The van der Waals surface area contributed by atoms with Gasteiger partial charge in [0, 0.05) is 20.6 Å². The number of aromatic nitrogens is 2. The van der Waals surface area contributed by atoms with Gasteiger partial charge in [0.2, 0.25) is 21.8 Å². The number of rotatable bonds is 7. The topological polar surface area (TPSA) is 157 Å². The summed E-state index contributed by atoms with van der Waals surface area (Å²) in [5, 5.41) is 19.7. The molecule has 1 aromatic carbocycles. The fourth-order valence-corrected chi connectivity index (χ4v) is 2.99. The molecule has 0 saturated heterocycles. The lowest BCUT2D eigenvalue weighted by atomic mass is 10.3. The maximum absolute atomic E-state index is 13.4. The molecule has 0 unspecified atom stereocenters. The van der Waals surface area contributed by atoms with Crippen molar-refractivity contribution < 1.29 is 22.6 Å². The number of guanidine groups is 1. The molecule has 4 N–H and O–H groups in total. The molecule has 15 heteroatoms. The van der Waals surface area contributed by atoms with Crippen LogP contribution in [0.2, 0.25) is 0 Å². The van der Waals surface area contributed by atoms with Gasteiger partial charge in [-0.25, -0.2) is 22.4 Å². The molecule has 0 spiro atoms. The van der Waals surface area contributed by atoms with Crippen molar-refractivity contribution in [1.82, 2.24) is 25.4 Å². The molecule has 12 nitrogen and oxygen atoms in total. The van der Waals surface area contributed by atoms with Gasteiger partial charge in [0.05, 0.1) is 23.0 Å². The van der Waals surface area contributed by atoms with Gasteiger partial charge in [-0.2, -0.15) is 0 Å². The van der Waals surface area contributed by atoms with E-state index in [1.807, 2.05) is 5.48 Å². The molecule has 0 aliphatic carbocycles. The largest absolute Gasteiger partial charge is 0.363 e. The van der Waals surface area contributed by atoms with Crippen LogP contribution < -0.4 is 15.5 Å². The molecule has 1 heterocycles. The molecule has 0 fully saturated rings. The van der Waals surface area contributed by atoms with Crippen molar-refractivity contribution >= 4 is 49.3 Å². The number of nitrogens with zero attached hydrogens (tertiary/aromatic N) is 5. The molecular formula is C15H20BrFN8O4S. The maximum atomic E-state index is 13.4. The number of hydrogen-bond donors (Lipinski definition) is 4. The molecule has 30 heavy (non-hydrogen) atoms. The second kappa shape index (κ2) is 10.3. The maximum Gasteiger partial charge on any atom is 0.232 e. The van der Waals surface area contributed by atoms with Crippen LogP contribution in [0.5, 0.6) is 0 Å². The van der Waals surface area contributed by atoms with E-state index in [9.17, 15) is 18.0 Å². The molecule has 164 valence electrons. The molecule has 0 aliphatic rings.